The number of nitrogens with one attached hydrogen (secondary N) is 2. The molecule has 5 heteroatoms. The van der Waals surface area contributed by atoms with Crippen LogP contribution in [0, 0.1) is 5.92 Å². The van der Waals surface area contributed by atoms with Crippen molar-refractivity contribution in [2.24, 2.45) is 16.8 Å². The fourth-order valence-corrected chi connectivity index (χ4v) is 2.97. The van der Waals surface area contributed by atoms with E-state index in [1.165, 1.54) is 45.2 Å². The van der Waals surface area contributed by atoms with Gasteiger partial charge < -0.3 is 10.2 Å². The first-order valence-electron chi connectivity index (χ1n) is 7.31. The monoisotopic (exact) mass is 253 g/mol. The molecule has 0 spiro atoms. The molecule has 5 nitrogen and oxygen atoms in total. The van der Waals surface area contributed by atoms with E-state index in [-0.39, 0.29) is 0 Å². The molecule has 0 bridgehead atoms. The van der Waals surface area contributed by atoms with E-state index in [2.05, 4.69) is 27.6 Å². The number of aliphatic imine (C=N–C) groups is 1. The van der Waals surface area contributed by atoms with Crippen LogP contribution in [0.4, 0.5) is 0 Å². The van der Waals surface area contributed by atoms with Crippen LogP contribution in [-0.4, -0.2) is 43.1 Å². The Morgan fingerprint density at radius 2 is 2.11 bits per heavy atom. The van der Waals surface area contributed by atoms with Crippen LogP contribution >= 0.6 is 0 Å². The molecule has 1 unspecified atom stereocenters. The normalized spacial score (nSPS) is 26.8. The number of rotatable bonds is 4. The second kappa shape index (κ2) is 6.95. The van der Waals surface area contributed by atoms with E-state index < -0.39 is 0 Å². The molecule has 18 heavy (non-hydrogen) atoms. The zero-order chi connectivity index (χ0) is 12.8. The third kappa shape index (κ3) is 3.85. The smallest absolute Gasteiger partial charge is 0.205 e. The molecule has 2 aliphatic rings. The van der Waals surface area contributed by atoms with Crippen LogP contribution in [-0.2, 0) is 0 Å². The van der Waals surface area contributed by atoms with Gasteiger partial charge in [0.25, 0.3) is 0 Å². The predicted octanol–water partition coefficient (Wildman–Crippen LogP) is 0.680. The average Bonchev–Trinajstić information content (AvgIpc) is 3.05. The lowest BCUT2D eigenvalue weighted by molar-refractivity contribution is 0.343. The maximum absolute atomic E-state index is 5.54. The molecule has 4 N–H and O–H groups in total. The quantitative estimate of drug-likeness (QED) is 0.298. The Morgan fingerprint density at radius 1 is 1.33 bits per heavy atom. The van der Waals surface area contributed by atoms with Crippen molar-refractivity contribution in [2.75, 3.05) is 26.2 Å². The van der Waals surface area contributed by atoms with Gasteiger partial charge in [0.15, 0.2) is 0 Å². The van der Waals surface area contributed by atoms with Gasteiger partial charge in [0.1, 0.15) is 0 Å². The summed E-state index contributed by atoms with van der Waals surface area (Å²) in [5, 5.41) is 3.42. The summed E-state index contributed by atoms with van der Waals surface area (Å²) >= 11 is 0. The fourth-order valence-electron chi connectivity index (χ4n) is 2.97. The van der Waals surface area contributed by atoms with E-state index in [0.29, 0.717) is 12.0 Å². The van der Waals surface area contributed by atoms with E-state index in [0.717, 1.165) is 19.0 Å². The van der Waals surface area contributed by atoms with Gasteiger partial charge >= 0.3 is 0 Å². The molecule has 1 aliphatic carbocycles. The molecular weight excluding hydrogens is 226 g/mol. The van der Waals surface area contributed by atoms with E-state index in [9.17, 15) is 0 Å². The van der Waals surface area contributed by atoms with E-state index in [1.807, 2.05) is 0 Å². The van der Waals surface area contributed by atoms with Crippen LogP contribution in [0.3, 0.4) is 0 Å². The summed E-state index contributed by atoms with van der Waals surface area (Å²) in [6.07, 6.45) is 6.40. The lowest BCUT2D eigenvalue weighted by atomic mass is 10.1. The number of hydrogen-bond acceptors (Lipinski definition) is 3. The summed E-state index contributed by atoms with van der Waals surface area (Å²) in [5.41, 5.74) is 2.70. The minimum atomic E-state index is 0.565. The summed E-state index contributed by atoms with van der Waals surface area (Å²) in [6.45, 7) is 6.66. The minimum absolute atomic E-state index is 0.565. The van der Waals surface area contributed by atoms with Crippen LogP contribution in [0.15, 0.2) is 4.99 Å². The second-order valence-electron chi connectivity index (χ2n) is 5.51. The highest BCUT2D eigenvalue weighted by Crippen LogP contribution is 2.18. The fraction of sp³-hybridized carbons (Fsp3) is 0.923. The third-order valence-corrected chi connectivity index (χ3v) is 4.16. The molecule has 0 radical (unpaired) electrons. The molecule has 0 aromatic heterocycles. The Balaban J connectivity index is 1.75. The van der Waals surface area contributed by atoms with Crippen molar-refractivity contribution in [3.05, 3.63) is 0 Å². The zero-order valence-corrected chi connectivity index (χ0v) is 11.5. The predicted molar refractivity (Wildman–Crippen MR) is 75.2 cm³/mol. The van der Waals surface area contributed by atoms with E-state index in [4.69, 9.17) is 5.84 Å². The summed E-state index contributed by atoms with van der Waals surface area (Å²) in [4.78, 5) is 7.09. The van der Waals surface area contributed by atoms with Gasteiger partial charge in [-0.1, -0.05) is 19.8 Å². The van der Waals surface area contributed by atoms with Gasteiger partial charge in [-0.15, -0.1) is 0 Å². The topological polar surface area (TPSA) is 65.7 Å². The van der Waals surface area contributed by atoms with Crippen LogP contribution in [0.5, 0.6) is 0 Å². The average molecular weight is 253 g/mol. The molecule has 104 valence electrons. The maximum Gasteiger partial charge on any atom is 0.205 e. The molecule has 1 saturated carbocycles. The zero-order valence-electron chi connectivity index (χ0n) is 11.5. The van der Waals surface area contributed by atoms with Gasteiger partial charge in [0.2, 0.25) is 5.96 Å². The van der Waals surface area contributed by atoms with Crippen molar-refractivity contribution in [3.63, 3.8) is 0 Å². The highest BCUT2D eigenvalue weighted by atomic mass is 15.3. The van der Waals surface area contributed by atoms with E-state index in [1.54, 1.807) is 0 Å². The molecule has 2 rings (SSSR count). The van der Waals surface area contributed by atoms with Gasteiger partial charge in [-0.25, -0.2) is 5.84 Å². The number of nitrogens with two attached hydrogens (primary N) is 1. The first kappa shape index (κ1) is 13.6. The van der Waals surface area contributed by atoms with Crippen molar-refractivity contribution < 1.29 is 0 Å². The first-order chi connectivity index (χ1) is 8.81. The Bertz CT molecular complexity index is 273. The van der Waals surface area contributed by atoms with Crippen molar-refractivity contribution >= 4 is 5.96 Å². The van der Waals surface area contributed by atoms with E-state index >= 15 is 0 Å². The Morgan fingerprint density at radius 3 is 2.72 bits per heavy atom. The molecule has 0 aromatic carbocycles. The van der Waals surface area contributed by atoms with Crippen LogP contribution in [0.2, 0.25) is 0 Å². The molecule has 1 heterocycles. The first-order valence-corrected chi connectivity index (χ1v) is 7.31. The number of hydrazine groups is 1. The van der Waals surface area contributed by atoms with Crippen LogP contribution < -0.4 is 16.6 Å². The Labute approximate surface area is 110 Å². The van der Waals surface area contributed by atoms with Gasteiger partial charge in [0.05, 0.1) is 0 Å². The van der Waals surface area contributed by atoms with Crippen molar-refractivity contribution in [1.29, 1.82) is 0 Å². The van der Waals surface area contributed by atoms with Crippen LogP contribution in [0.1, 0.15) is 39.0 Å². The highest BCUT2D eigenvalue weighted by Gasteiger charge is 2.21. The van der Waals surface area contributed by atoms with Gasteiger partial charge in [0, 0.05) is 19.1 Å². The summed E-state index contributed by atoms with van der Waals surface area (Å²) in [7, 11) is 0. The van der Waals surface area contributed by atoms with Crippen molar-refractivity contribution in [2.45, 2.75) is 45.1 Å². The summed E-state index contributed by atoms with van der Waals surface area (Å²) in [5.74, 6) is 7.00. The number of likely N-dealkylation sites (tertiary alicyclic amines) is 1. The third-order valence-electron chi connectivity index (χ3n) is 4.16. The number of nitrogens with zero attached hydrogens (tertiary/aromatic N) is 2. The summed E-state index contributed by atoms with van der Waals surface area (Å²) < 4.78 is 0. The Kier molecular flexibility index (Phi) is 5.26. The Hall–Kier alpha value is -0.810. The minimum Gasteiger partial charge on any atom is -0.353 e. The molecular formula is C13H27N5. The number of hydrogen-bond donors (Lipinski definition) is 3. The maximum atomic E-state index is 5.54. The van der Waals surface area contributed by atoms with Crippen molar-refractivity contribution in [3.8, 4) is 0 Å². The molecule has 0 aromatic rings. The molecule has 1 aliphatic heterocycles. The lowest BCUT2D eigenvalue weighted by Crippen LogP contribution is -2.45. The standard InChI is InChI=1S/C13H27N5/c1-2-18-8-7-11(10-18)9-15-13(17-14)16-12-5-3-4-6-12/h11-12H,2-10,14H2,1H3,(H2,15,16,17). The summed E-state index contributed by atoms with van der Waals surface area (Å²) in [6, 6.07) is 0.565. The van der Waals surface area contributed by atoms with Gasteiger partial charge in [-0.3, -0.25) is 10.4 Å². The molecule has 1 atom stereocenters. The van der Waals surface area contributed by atoms with Crippen molar-refractivity contribution in [1.82, 2.24) is 15.6 Å². The largest absolute Gasteiger partial charge is 0.353 e. The number of guanidine groups is 1. The van der Waals surface area contributed by atoms with Gasteiger partial charge in [-0.2, -0.15) is 0 Å². The lowest BCUT2D eigenvalue weighted by Gasteiger charge is -2.16. The highest BCUT2D eigenvalue weighted by molar-refractivity contribution is 5.79. The SMILES string of the molecule is CCN1CCC(CN=C(NN)NC2CCCC2)C1. The molecule has 1 saturated heterocycles. The second-order valence-corrected chi connectivity index (χ2v) is 5.51. The molecule has 0 amide bonds. The molecule has 2 fully saturated rings. The van der Waals surface area contributed by atoms with Crippen LogP contribution in [0.25, 0.3) is 0 Å². The van der Waals surface area contributed by atoms with Gasteiger partial charge in [-0.05, 0) is 38.3 Å².